The van der Waals surface area contributed by atoms with Gasteiger partial charge in [0, 0.05) is 51.3 Å². The molecule has 1 aromatic carbocycles. The minimum absolute atomic E-state index is 0.642. The molecule has 0 unspecified atom stereocenters. The van der Waals surface area contributed by atoms with Crippen LogP contribution in [0.25, 0.3) is 5.78 Å². The Morgan fingerprint density at radius 1 is 0.857 bits per heavy atom. The number of aromatic nitrogens is 6. The molecule has 5 rings (SSSR count). The Bertz CT molecular complexity index is 1050. The van der Waals surface area contributed by atoms with Crippen LogP contribution in [0.15, 0.2) is 61.3 Å². The second-order valence-electron chi connectivity index (χ2n) is 7.02. The lowest BCUT2D eigenvalue weighted by atomic mass is 10.2. The molecule has 3 aromatic heterocycles. The number of anilines is 1. The highest BCUT2D eigenvalue weighted by Gasteiger charge is 2.20. The van der Waals surface area contributed by atoms with Gasteiger partial charge in [-0.2, -0.15) is 0 Å². The van der Waals surface area contributed by atoms with E-state index in [1.807, 2.05) is 22.7 Å². The van der Waals surface area contributed by atoms with Gasteiger partial charge in [-0.1, -0.05) is 30.3 Å². The first-order valence-corrected chi connectivity index (χ1v) is 9.53. The van der Waals surface area contributed by atoms with Crippen molar-refractivity contribution in [1.82, 2.24) is 34.0 Å². The second-order valence-corrected chi connectivity index (χ2v) is 7.02. The van der Waals surface area contributed by atoms with E-state index in [9.17, 15) is 0 Å². The number of nitrogens with zero attached hydrogens (tertiary/aromatic N) is 8. The number of rotatable bonds is 5. The molecule has 0 spiro atoms. The maximum Gasteiger partial charge on any atom is 0.256 e. The van der Waals surface area contributed by atoms with E-state index in [0.717, 1.165) is 50.9 Å². The smallest absolute Gasteiger partial charge is 0.256 e. The highest BCUT2D eigenvalue weighted by Crippen LogP contribution is 2.17. The summed E-state index contributed by atoms with van der Waals surface area (Å²) in [5.41, 5.74) is 1.29. The van der Waals surface area contributed by atoms with E-state index in [1.54, 1.807) is 12.5 Å². The van der Waals surface area contributed by atoms with Crippen molar-refractivity contribution < 1.29 is 0 Å². The number of imidazole rings is 1. The Morgan fingerprint density at radius 3 is 2.57 bits per heavy atom. The predicted octanol–water partition coefficient (Wildman–Crippen LogP) is 1.69. The van der Waals surface area contributed by atoms with Gasteiger partial charge in [0.25, 0.3) is 5.78 Å². The molecule has 142 valence electrons. The first-order valence-electron chi connectivity index (χ1n) is 9.53. The van der Waals surface area contributed by atoms with Crippen LogP contribution in [0.2, 0.25) is 0 Å². The molecular formula is C20H22N8. The second kappa shape index (κ2) is 7.40. The molecule has 4 aromatic rings. The van der Waals surface area contributed by atoms with E-state index in [4.69, 9.17) is 0 Å². The van der Waals surface area contributed by atoms with Gasteiger partial charge in [0.1, 0.15) is 18.0 Å². The van der Waals surface area contributed by atoms with Crippen molar-refractivity contribution in [3.8, 4) is 0 Å². The zero-order valence-corrected chi connectivity index (χ0v) is 15.6. The molecule has 0 aliphatic carbocycles. The summed E-state index contributed by atoms with van der Waals surface area (Å²) in [7, 11) is 0. The van der Waals surface area contributed by atoms with Crippen molar-refractivity contribution in [2.45, 2.75) is 13.1 Å². The summed E-state index contributed by atoms with van der Waals surface area (Å²) in [6, 6.07) is 12.5. The van der Waals surface area contributed by atoms with Crippen LogP contribution >= 0.6 is 0 Å². The van der Waals surface area contributed by atoms with Gasteiger partial charge in [0.2, 0.25) is 0 Å². The van der Waals surface area contributed by atoms with Gasteiger partial charge < -0.3 is 9.47 Å². The minimum Gasteiger partial charge on any atom is -0.355 e. The zero-order chi connectivity index (χ0) is 18.8. The first-order chi connectivity index (χ1) is 13.9. The lowest BCUT2D eigenvalue weighted by Crippen LogP contribution is -2.46. The standard InChI is InChI=1S/C20H22N8/c1-2-4-17(5-3-1)14-27-9-8-21-18(27)15-25-10-12-26(13-11-25)19-6-7-22-20-24-23-16-28(19)20/h1-9,16H,10-15H2. The van der Waals surface area contributed by atoms with Gasteiger partial charge in [-0.3, -0.25) is 9.30 Å². The number of piperazine rings is 1. The summed E-state index contributed by atoms with van der Waals surface area (Å²) >= 11 is 0. The monoisotopic (exact) mass is 374 g/mol. The van der Waals surface area contributed by atoms with Gasteiger partial charge in [-0.15, -0.1) is 10.2 Å². The molecule has 8 nitrogen and oxygen atoms in total. The van der Waals surface area contributed by atoms with Crippen molar-refractivity contribution in [3.63, 3.8) is 0 Å². The van der Waals surface area contributed by atoms with Gasteiger partial charge >= 0.3 is 0 Å². The van der Waals surface area contributed by atoms with Crippen molar-refractivity contribution >= 4 is 11.6 Å². The Balaban J connectivity index is 1.24. The van der Waals surface area contributed by atoms with Crippen molar-refractivity contribution in [2.24, 2.45) is 0 Å². The Morgan fingerprint density at radius 2 is 1.71 bits per heavy atom. The van der Waals surface area contributed by atoms with Gasteiger partial charge in [-0.05, 0) is 11.6 Å². The largest absolute Gasteiger partial charge is 0.355 e. The highest BCUT2D eigenvalue weighted by atomic mass is 15.4. The SMILES string of the molecule is c1ccc(Cn2ccnc2CN2CCN(c3ccnc4nncn34)CC2)cc1. The van der Waals surface area contributed by atoms with Crippen molar-refractivity contribution in [2.75, 3.05) is 31.1 Å². The highest BCUT2D eigenvalue weighted by molar-refractivity contribution is 5.46. The van der Waals surface area contributed by atoms with E-state index in [2.05, 4.69) is 65.0 Å². The summed E-state index contributed by atoms with van der Waals surface area (Å²) < 4.78 is 4.19. The summed E-state index contributed by atoms with van der Waals surface area (Å²) in [5, 5.41) is 8.00. The van der Waals surface area contributed by atoms with E-state index in [1.165, 1.54) is 5.56 Å². The Kier molecular flexibility index (Phi) is 4.46. The fraction of sp³-hybridized carbons (Fsp3) is 0.300. The Hall–Kier alpha value is -3.26. The van der Waals surface area contributed by atoms with Crippen LogP contribution < -0.4 is 4.90 Å². The maximum absolute atomic E-state index is 4.60. The maximum atomic E-state index is 4.60. The van der Waals surface area contributed by atoms with Crippen LogP contribution in [0.1, 0.15) is 11.4 Å². The van der Waals surface area contributed by atoms with Crippen LogP contribution in [-0.2, 0) is 13.1 Å². The van der Waals surface area contributed by atoms with Crippen LogP contribution in [0.3, 0.4) is 0 Å². The van der Waals surface area contributed by atoms with Gasteiger partial charge in [0.15, 0.2) is 0 Å². The minimum atomic E-state index is 0.642. The van der Waals surface area contributed by atoms with E-state index in [0.29, 0.717) is 5.78 Å². The first kappa shape index (κ1) is 16.9. The fourth-order valence-electron chi connectivity index (χ4n) is 3.74. The Labute approximate surface area is 163 Å². The molecule has 1 aliphatic heterocycles. The number of fused-ring (bicyclic) bond motifs is 1. The lowest BCUT2D eigenvalue weighted by molar-refractivity contribution is 0.240. The topological polar surface area (TPSA) is 67.4 Å². The average Bonchev–Trinajstić information content (AvgIpc) is 3.39. The van der Waals surface area contributed by atoms with E-state index >= 15 is 0 Å². The third-order valence-corrected chi connectivity index (χ3v) is 5.25. The molecular weight excluding hydrogens is 352 g/mol. The lowest BCUT2D eigenvalue weighted by Gasteiger charge is -2.35. The molecule has 4 heterocycles. The molecule has 0 saturated carbocycles. The molecule has 0 amide bonds. The molecule has 1 aliphatic rings. The number of benzene rings is 1. The molecule has 0 bridgehead atoms. The van der Waals surface area contributed by atoms with Gasteiger partial charge in [0.05, 0.1) is 6.54 Å². The zero-order valence-electron chi connectivity index (χ0n) is 15.6. The summed E-state index contributed by atoms with van der Waals surface area (Å²) in [4.78, 5) is 13.7. The van der Waals surface area contributed by atoms with Crippen molar-refractivity contribution in [3.05, 3.63) is 72.7 Å². The molecule has 0 atom stereocenters. The quantitative estimate of drug-likeness (QED) is 0.530. The molecule has 0 radical (unpaired) electrons. The van der Waals surface area contributed by atoms with Crippen LogP contribution in [0.5, 0.6) is 0 Å². The number of hydrogen-bond acceptors (Lipinski definition) is 6. The molecule has 1 saturated heterocycles. The predicted molar refractivity (Wildman–Crippen MR) is 106 cm³/mol. The molecule has 1 fully saturated rings. The third kappa shape index (κ3) is 3.34. The molecule has 0 N–H and O–H groups in total. The summed E-state index contributed by atoms with van der Waals surface area (Å²) in [6.07, 6.45) is 7.49. The van der Waals surface area contributed by atoms with E-state index < -0.39 is 0 Å². The van der Waals surface area contributed by atoms with Crippen LogP contribution in [-0.4, -0.2) is 60.2 Å². The third-order valence-electron chi connectivity index (χ3n) is 5.25. The fourth-order valence-corrected chi connectivity index (χ4v) is 3.74. The summed E-state index contributed by atoms with van der Waals surface area (Å²) in [6.45, 7) is 5.62. The van der Waals surface area contributed by atoms with Crippen LogP contribution in [0, 0.1) is 0 Å². The van der Waals surface area contributed by atoms with E-state index in [-0.39, 0.29) is 0 Å². The molecule has 8 heteroatoms. The van der Waals surface area contributed by atoms with Crippen LogP contribution in [0.4, 0.5) is 5.82 Å². The van der Waals surface area contributed by atoms with Gasteiger partial charge in [-0.25, -0.2) is 9.97 Å². The molecule has 28 heavy (non-hydrogen) atoms. The number of hydrogen-bond donors (Lipinski definition) is 0. The average molecular weight is 374 g/mol. The van der Waals surface area contributed by atoms with Crippen molar-refractivity contribution in [1.29, 1.82) is 0 Å². The summed E-state index contributed by atoms with van der Waals surface area (Å²) in [5.74, 6) is 2.85. The normalized spacial score (nSPS) is 15.4.